The van der Waals surface area contributed by atoms with Crippen LogP contribution in [0.4, 0.5) is 0 Å². The normalized spacial score (nSPS) is 10.6. The zero-order valence-corrected chi connectivity index (χ0v) is 10.8. The molecular weight excluding hydrogens is 236 g/mol. The van der Waals surface area contributed by atoms with Gasteiger partial charge in [0.1, 0.15) is 0 Å². The largest absolute Gasteiger partial charge is 0.369 e. The lowest BCUT2D eigenvalue weighted by Gasteiger charge is -2.18. The molecule has 2 rings (SSSR count). The molecule has 0 spiro atoms. The lowest BCUT2D eigenvalue weighted by molar-refractivity contribution is -0.117. The maximum atomic E-state index is 10.8. The summed E-state index contributed by atoms with van der Waals surface area (Å²) in [5.74, 6) is -0.110. The zero-order valence-electron chi connectivity index (χ0n) is 10.8. The van der Waals surface area contributed by atoms with Gasteiger partial charge in [-0.05, 0) is 11.1 Å². The Morgan fingerprint density at radius 1 is 0.947 bits per heavy atom. The summed E-state index contributed by atoms with van der Waals surface area (Å²) in [5, 5.41) is 3.11. The molecule has 0 saturated carbocycles. The fourth-order valence-electron chi connectivity index (χ4n) is 2.14. The number of nitrogens with two attached hydrogens (primary N) is 1. The summed E-state index contributed by atoms with van der Waals surface area (Å²) >= 11 is 0. The van der Waals surface area contributed by atoms with Gasteiger partial charge in [0.25, 0.3) is 0 Å². The Bertz CT molecular complexity index is 471. The summed E-state index contributed by atoms with van der Waals surface area (Å²) in [6, 6.07) is 20.5. The van der Waals surface area contributed by atoms with E-state index in [1.165, 1.54) is 11.1 Å². The number of amides is 1. The van der Waals surface area contributed by atoms with Crippen molar-refractivity contribution in [2.75, 3.05) is 13.1 Å². The third-order valence-electron chi connectivity index (χ3n) is 3.05. The van der Waals surface area contributed by atoms with E-state index in [0.717, 1.165) is 0 Å². The monoisotopic (exact) mass is 254 g/mol. The molecule has 3 N–H and O–H groups in total. The van der Waals surface area contributed by atoms with Crippen LogP contribution in [-0.2, 0) is 4.79 Å². The molecule has 2 aromatic carbocycles. The molecular formula is C16H18N2O. The number of carbonyl (C=O) groups is 1. The van der Waals surface area contributed by atoms with Crippen LogP contribution in [0.25, 0.3) is 0 Å². The van der Waals surface area contributed by atoms with Gasteiger partial charge in [0.05, 0.1) is 6.54 Å². The van der Waals surface area contributed by atoms with Crippen LogP contribution in [0.2, 0.25) is 0 Å². The summed E-state index contributed by atoms with van der Waals surface area (Å²) in [5.41, 5.74) is 7.61. The highest BCUT2D eigenvalue weighted by Crippen LogP contribution is 2.23. The molecule has 0 saturated heterocycles. The number of nitrogens with one attached hydrogen (secondary N) is 1. The molecule has 1 amide bonds. The van der Waals surface area contributed by atoms with Gasteiger partial charge in [0.15, 0.2) is 0 Å². The second kappa shape index (κ2) is 6.71. The maximum Gasteiger partial charge on any atom is 0.231 e. The van der Waals surface area contributed by atoms with Gasteiger partial charge in [0.2, 0.25) is 5.91 Å². The van der Waals surface area contributed by atoms with Crippen molar-refractivity contribution in [1.82, 2.24) is 5.32 Å². The molecule has 0 bridgehead atoms. The Balaban J connectivity index is 2.17. The molecule has 0 heterocycles. The molecule has 0 unspecified atom stereocenters. The smallest absolute Gasteiger partial charge is 0.231 e. The molecule has 3 nitrogen and oxygen atoms in total. The predicted octanol–water partition coefficient (Wildman–Crippen LogP) is 1.89. The number of carbonyl (C=O) groups excluding carboxylic acids is 1. The molecule has 19 heavy (non-hydrogen) atoms. The van der Waals surface area contributed by atoms with Crippen LogP contribution in [0.5, 0.6) is 0 Å². The van der Waals surface area contributed by atoms with Crippen LogP contribution >= 0.6 is 0 Å². The molecule has 3 heteroatoms. The van der Waals surface area contributed by atoms with E-state index < -0.39 is 0 Å². The van der Waals surface area contributed by atoms with Crippen molar-refractivity contribution in [2.24, 2.45) is 5.73 Å². The number of rotatable bonds is 6. The first-order chi connectivity index (χ1) is 9.27. The molecule has 0 radical (unpaired) electrons. The topological polar surface area (TPSA) is 55.1 Å². The van der Waals surface area contributed by atoms with Crippen LogP contribution in [-0.4, -0.2) is 19.0 Å². The van der Waals surface area contributed by atoms with E-state index in [9.17, 15) is 4.79 Å². The summed E-state index contributed by atoms with van der Waals surface area (Å²) in [7, 11) is 0. The molecule has 0 aliphatic carbocycles. The number of hydrogen-bond donors (Lipinski definition) is 2. The Kier molecular flexibility index (Phi) is 4.70. The van der Waals surface area contributed by atoms with Crippen molar-refractivity contribution in [3.05, 3.63) is 71.8 Å². The SMILES string of the molecule is NC(=O)CNCC(c1ccccc1)c1ccccc1. The van der Waals surface area contributed by atoms with E-state index in [0.29, 0.717) is 6.54 Å². The fourth-order valence-corrected chi connectivity index (χ4v) is 2.14. The van der Waals surface area contributed by atoms with Gasteiger partial charge in [0, 0.05) is 12.5 Å². The average Bonchev–Trinajstić information content (AvgIpc) is 2.45. The van der Waals surface area contributed by atoms with Gasteiger partial charge < -0.3 is 11.1 Å². The minimum absolute atomic E-state index is 0.205. The van der Waals surface area contributed by atoms with Crippen molar-refractivity contribution in [3.8, 4) is 0 Å². The van der Waals surface area contributed by atoms with E-state index in [-0.39, 0.29) is 18.4 Å². The van der Waals surface area contributed by atoms with Gasteiger partial charge in [-0.15, -0.1) is 0 Å². The summed E-state index contributed by atoms with van der Waals surface area (Å²) in [4.78, 5) is 10.8. The van der Waals surface area contributed by atoms with Gasteiger partial charge in [-0.2, -0.15) is 0 Å². The Morgan fingerprint density at radius 3 is 1.84 bits per heavy atom. The molecule has 0 fully saturated rings. The average molecular weight is 254 g/mol. The van der Waals surface area contributed by atoms with Crippen LogP contribution in [0.1, 0.15) is 17.0 Å². The summed E-state index contributed by atoms with van der Waals surface area (Å²) < 4.78 is 0. The third-order valence-corrected chi connectivity index (χ3v) is 3.05. The molecule has 0 aromatic heterocycles. The van der Waals surface area contributed by atoms with E-state index >= 15 is 0 Å². The first-order valence-electron chi connectivity index (χ1n) is 6.36. The van der Waals surface area contributed by atoms with E-state index in [1.807, 2.05) is 36.4 Å². The van der Waals surface area contributed by atoms with Gasteiger partial charge in [-0.1, -0.05) is 60.7 Å². The first kappa shape index (κ1) is 13.3. The molecule has 0 aliphatic rings. The first-order valence-corrected chi connectivity index (χ1v) is 6.36. The van der Waals surface area contributed by atoms with Gasteiger partial charge in [-0.3, -0.25) is 4.79 Å². The second-order valence-electron chi connectivity index (χ2n) is 4.47. The van der Waals surface area contributed by atoms with Crippen LogP contribution < -0.4 is 11.1 Å². The second-order valence-corrected chi connectivity index (χ2v) is 4.47. The van der Waals surface area contributed by atoms with E-state index in [2.05, 4.69) is 29.6 Å². The molecule has 2 aromatic rings. The maximum absolute atomic E-state index is 10.8. The number of primary amides is 1. The Hall–Kier alpha value is -2.13. The van der Waals surface area contributed by atoms with E-state index in [4.69, 9.17) is 5.73 Å². The number of hydrogen-bond acceptors (Lipinski definition) is 2. The zero-order chi connectivity index (χ0) is 13.5. The quantitative estimate of drug-likeness (QED) is 0.827. The minimum Gasteiger partial charge on any atom is -0.369 e. The Labute approximate surface area is 113 Å². The highest BCUT2D eigenvalue weighted by atomic mass is 16.1. The fraction of sp³-hybridized carbons (Fsp3) is 0.188. The Morgan fingerprint density at radius 2 is 1.42 bits per heavy atom. The van der Waals surface area contributed by atoms with Gasteiger partial charge in [-0.25, -0.2) is 0 Å². The number of benzene rings is 2. The minimum atomic E-state index is -0.333. The lowest BCUT2D eigenvalue weighted by atomic mass is 9.91. The predicted molar refractivity (Wildman–Crippen MR) is 76.8 cm³/mol. The van der Waals surface area contributed by atoms with Crippen molar-refractivity contribution >= 4 is 5.91 Å². The third kappa shape index (κ3) is 3.93. The summed E-state index contributed by atoms with van der Waals surface area (Å²) in [6.45, 7) is 0.896. The highest BCUT2D eigenvalue weighted by molar-refractivity contribution is 5.75. The van der Waals surface area contributed by atoms with Crippen LogP contribution in [0.15, 0.2) is 60.7 Å². The molecule has 0 aliphatic heterocycles. The van der Waals surface area contributed by atoms with Crippen molar-refractivity contribution in [3.63, 3.8) is 0 Å². The molecule has 98 valence electrons. The van der Waals surface area contributed by atoms with Crippen molar-refractivity contribution in [1.29, 1.82) is 0 Å². The molecule has 0 atom stereocenters. The summed E-state index contributed by atoms with van der Waals surface area (Å²) in [6.07, 6.45) is 0. The van der Waals surface area contributed by atoms with Crippen LogP contribution in [0, 0.1) is 0 Å². The van der Waals surface area contributed by atoms with Crippen molar-refractivity contribution in [2.45, 2.75) is 5.92 Å². The van der Waals surface area contributed by atoms with E-state index in [1.54, 1.807) is 0 Å². The van der Waals surface area contributed by atoms with Crippen molar-refractivity contribution < 1.29 is 4.79 Å². The lowest BCUT2D eigenvalue weighted by Crippen LogP contribution is -2.31. The highest BCUT2D eigenvalue weighted by Gasteiger charge is 2.13. The van der Waals surface area contributed by atoms with Gasteiger partial charge >= 0.3 is 0 Å². The standard InChI is InChI=1S/C16H18N2O/c17-16(19)12-18-11-15(13-7-3-1-4-8-13)14-9-5-2-6-10-14/h1-10,15,18H,11-12H2,(H2,17,19). The van der Waals surface area contributed by atoms with Crippen LogP contribution in [0.3, 0.4) is 0 Å².